The molecule has 0 aliphatic heterocycles. The number of fused-ring (bicyclic) bond motifs is 6. The molecule has 0 radical (unpaired) electrons. The highest BCUT2D eigenvalue weighted by Gasteiger charge is 2.35. The van der Waals surface area contributed by atoms with Crippen LogP contribution in [0.5, 0.6) is 0 Å². The van der Waals surface area contributed by atoms with Gasteiger partial charge in [-0.05, 0) is 118 Å². The summed E-state index contributed by atoms with van der Waals surface area (Å²) in [6.45, 7) is 4.68. The minimum atomic E-state index is -0.0444. The van der Waals surface area contributed by atoms with Crippen molar-refractivity contribution in [3.8, 4) is 50.6 Å². The third-order valence-electron chi connectivity index (χ3n) is 10.3. The molecule has 0 fully saturated rings. The Labute approximate surface area is 275 Å². The van der Waals surface area contributed by atoms with Crippen molar-refractivity contribution >= 4 is 32.3 Å². The number of benzene rings is 8. The molecule has 1 aliphatic carbocycles. The van der Waals surface area contributed by atoms with Crippen LogP contribution >= 0.6 is 0 Å². The fraction of sp³-hybridized carbons (Fsp3) is 0.0652. The summed E-state index contributed by atoms with van der Waals surface area (Å²) in [7, 11) is 0. The van der Waals surface area contributed by atoms with Gasteiger partial charge >= 0.3 is 0 Å². The lowest BCUT2D eigenvalue weighted by Gasteiger charge is -2.22. The second kappa shape index (κ2) is 10.3. The largest absolute Gasteiger partial charge is 0.192 e. The SMILES string of the molecule is CC1(C)c2ccccc2-c2cc(-c3c4ccccc4c(-c4ccc(C#N)cc4)c4ccc(-c5ccc6ccccc6c5)cc34)ccc21. The molecule has 0 bridgehead atoms. The smallest absolute Gasteiger partial charge is 0.0991 e. The van der Waals surface area contributed by atoms with Crippen molar-refractivity contribution in [2.24, 2.45) is 0 Å². The van der Waals surface area contributed by atoms with Gasteiger partial charge in [-0.15, -0.1) is 0 Å². The predicted molar refractivity (Wildman–Crippen MR) is 198 cm³/mol. The third kappa shape index (κ3) is 4.16. The maximum Gasteiger partial charge on any atom is 0.0991 e. The van der Waals surface area contributed by atoms with Crippen molar-refractivity contribution in [2.45, 2.75) is 19.3 Å². The first kappa shape index (κ1) is 27.3. The van der Waals surface area contributed by atoms with E-state index in [-0.39, 0.29) is 5.41 Å². The van der Waals surface area contributed by atoms with Gasteiger partial charge < -0.3 is 0 Å². The van der Waals surface area contributed by atoms with E-state index in [0.29, 0.717) is 5.56 Å². The molecular weight excluding hydrogens is 567 g/mol. The minimum Gasteiger partial charge on any atom is -0.192 e. The molecule has 0 N–H and O–H groups in total. The predicted octanol–water partition coefficient (Wildman–Crippen LogP) is 12.3. The van der Waals surface area contributed by atoms with Crippen LogP contribution in [0.1, 0.15) is 30.5 Å². The van der Waals surface area contributed by atoms with Crippen LogP contribution in [-0.4, -0.2) is 0 Å². The van der Waals surface area contributed by atoms with Gasteiger partial charge in [0.25, 0.3) is 0 Å². The van der Waals surface area contributed by atoms with E-state index in [1.807, 2.05) is 12.1 Å². The van der Waals surface area contributed by atoms with Crippen LogP contribution in [0, 0.1) is 11.3 Å². The summed E-state index contributed by atoms with van der Waals surface area (Å²) in [5.41, 5.74) is 13.2. The van der Waals surface area contributed by atoms with Crippen molar-refractivity contribution in [1.82, 2.24) is 0 Å². The molecule has 0 spiro atoms. The van der Waals surface area contributed by atoms with Gasteiger partial charge in [-0.1, -0.05) is 135 Å². The first-order valence-electron chi connectivity index (χ1n) is 16.2. The van der Waals surface area contributed by atoms with Crippen LogP contribution in [0.15, 0.2) is 152 Å². The number of nitriles is 1. The zero-order valence-electron chi connectivity index (χ0n) is 26.4. The van der Waals surface area contributed by atoms with Crippen LogP contribution in [0.4, 0.5) is 0 Å². The number of nitrogens with zero attached hydrogens (tertiary/aromatic N) is 1. The summed E-state index contributed by atoms with van der Waals surface area (Å²) < 4.78 is 0. The first-order valence-corrected chi connectivity index (χ1v) is 16.2. The summed E-state index contributed by atoms with van der Waals surface area (Å²) >= 11 is 0. The molecule has 220 valence electrons. The fourth-order valence-corrected chi connectivity index (χ4v) is 7.94. The van der Waals surface area contributed by atoms with E-state index in [4.69, 9.17) is 0 Å². The van der Waals surface area contributed by atoms with E-state index < -0.39 is 0 Å². The Morgan fingerprint density at radius 1 is 0.426 bits per heavy atom. The summed E-state index contributed by atoms with van der Waals surface area (Å²) in [4.78, 5) is 0. The second-order valence-electron chi connectivity index (χ2n) is 13.2. The molecular formula is C46H31N. The molecule has 47 heavy (non-hydrogen) atoms. The van der Waals surface area contributed by atoms with E-state index in [9.17, 15) is 5.26 Å². The first-order chi connectivity index (χ1) is 23.0. The van der Waals surface area contributed by atoms with Crippen molar-refractivity contribution < 1.29 is 0 Å². The van der Waals surface area contributed by atoms with Gasteiger partial charge in [-0.2, -0.15) is 5.26 Å². The van der Waals surface area contributed by atoms with Gasteiger partial charge in [-0.3, -0.25) is 0 Å². The molecule has 8 aromatic carbocycles. The Kier molecular flexibility index (Phi) is 5.98. The van der Waals surface area contributed by atoms with Gasteiger partial charge in [-0.25, -0.2) is 0 Å². The van der Waals surface area contributed by atoms with Gasteiger partial charge in [0, 0.05) is 5.41 Å². The average molecular weight is 598 g/mol. The quantitative estimate of drug-likeness (QED) is 0.186. The number of hydrogen-bond donors (Lipinski definition) is 0. The summed E-state index contributed by atoms with van der Waals surface area (Å²) in [6, 6.07) is 57.3. The van der Waals surface area contributed by atoms with Crippen molar-refractivity contribution in [2.75, 3.05) is 0 Å². The van der Waals surface area contributed by atoms with Crippen LogP contribution in [0.25, 0.3) is 76.8 Å². The molecule has 1 nitrogen and oxygen atoms in total. The molecule has 0 unspecified atom stereocenters. The third-order valence-corrected chi connectivity index (χ3v) is 10.3. The van der Waals surface area contributed by atoms with E-state index in [1.165, 1.54) is 82.4 Å². The Balaban J connectivity index is 1.37. The van der Waals surface area contributed by atoms with Crippen LogP contribution < -0.4 is 0 Å². The van der Waals surface area contributed by atoms with Crippen LogP contribution in [0.2, 0.25) is 0 Å². The average Bonchev–Trinajstić information content (AvgIpc) is 3.35. The monoisotopic (exact) mass is 597 g/mol. The Hall–Kier alpha value is -5.97. The molecule has 0 amide bonds. The molecule has 0 atom stereocenters. The zero-order chi connectivity index (χ0) is 31.7. The van der Waals surface area contributed by atoms with E-state index in [2.05, 4.69) is 159 Å². The highest BCUT2D eigenvalue weighted by atomic mass is 14.4. The van der Waals surface area contributed by atoms with Crippen LogP contribution in [-0.2, 0) is 5.41 Å². The van der Waals surface area contributed by atoms with Crippen molar-refractivity contribution in [3.05, 3.63) is 168 Å². The lowest BCUT2D eigenvalue weighted by molar-refractivity contribution is 0.660. The Morgan fingerprint density at radius 3 is 1.79 bits per heavy atom. The maximum atomic E-state index is 9.52. The molecule has 0 heterocycles. The van der Waals surface area contributed by atoms with Crippen LogP contribution in [0.3, 0.4) is 0 Å². The number of rotatable bonds is 3. The van der Waals surface area contributed by atoms with Gasteiger partial charge in [0.15, 0.2) is 0 Å². The van der Waals surface area contributed by atoms with E-state index in [0.717, 1.165) is 5.56 Å². The normalized spacial score (nSPS) is 13.0. The Morgan fingerprint density at radius 2 is 1.00 bits per heavy atom. The lowest BCUT2D eigenvalue weighted by atomic mass is 9.81. The number of hydrogen-bond acceptors (Lipinski definition) is 1. The summed E-state index contributed by atoms with van der Waals surface area (Å²) in [5, 5.41) is 16.9. The molecule has 1 aliphatic rings. The van der Waals surface area contributed by atoms with Crippen molar-refractivity contribution in [1.29, 1.82) is 5.26 Å². The highest BCUT2D eigenvalue weighted by molar-refractivity contribution is 6.22. The fourth-order valence-electron chi connectivity index (χ4n) is 7.94. The lowest BCUT2D eigenvalue weighted by Crippen LogP contribution is -2.14. The molecule has 0 saturated carbocycles. The molecule has 8 aromatic rings. The topological polar surface area (TPSA) is 23.8 Å². The standard InChI is InChI=1S/C46H31N/c1-46(2)42-14-8-7-11-36(42)40-27-35(22-24-43(40)46)45-38-13-6-5-12-37(38)44(31-17-15-29(28-47)16-18-31)39-23-21-34(26-41(39)45)33-20-19-30-9-3-4-10-32(30)25-33/h3-27H,1-2H3. The highest BCUT2D eigenvalue weighted by Crippen LogP contribution is 2.51. The molecule has 1 heteroatoms. The molecule has 0 aromatic heterocycles. The van der Waals surface area contributed by atoms with E-state index >= 15 is 0 Å². The zero-order valence-corrected chi connectivity index (χ0v) is 26.4. The van der Waals surface area contributed by atoms with E-state index in [1.54, 1.807) is 0 Å². The molecule has 9 rings (SSSR count). The van der Waals surface area contributed by atoms with Gasteiger partial charge in [0.05, 0.1) is 11.6 Å². The minimum absolute atomic E-state index is 0.0444. The summed E-state index contributed by atoms with van der Waals surface area (Å²) in [5.74, 6) is 0. The maximum absolute atomic E-state index is 9.52. The second-order valence-corrected chi connectivity index (χ2v) is 13.2. The summed E-state index contributed by atoms with van der Waals surface area (Å²) in [6.07, 6.45) is 0. The van der Waals surface area contributed by atoms with Gasteiger partial charge in [0.2, 0.25) is 0 Å². The van der Waals surface area contributed by atoms with Gasteiger partial charge in [0.1, 0.15) is 0 Å². The Bertz CT molecular complexity index is 2600. The van der Waals surface area contributed by atoms with Crippen molar-refractivity contribution in [3.63, 3.8) is 0 Å². The molecule has 0 saturated heterocycles.